The number of nitrogens with one attached hydrogen (secondary N) is 1. The lowest BCUT2D eigenvalue weighted by molar-refractivity contribution is -0.124. The van der Waals surface area contributed by atoms with E-state index < -0.39 is 0 Å². The molecule has 1 atom stereocenters. The van der Waals surface area contributed by atoms with Crippen LogP contribution in [0.3, 0.4) is 0 Å². The molecule has 0 aliphatic rings. The fraction of sp³-hybridized carbons (Fsp3) is 0.500. The molecule has 20 heavy (non-hydrogen) atoms. The monoisotopic (exact) mass is 319 g/mol. The van der Waals surface area contributed by atoms with Crippen LogP contribution in [0.1, 0.15) is 20.3 Å². The first-order valence-corrected chi connectivity index (χ1v) is 7.16. The quantitative estimate of drug-likeness (QED) is 0.812. The minimum Gasteiger partial charge on any atom is -0.482 e. The Morgan fingerprint density at radius 3 is 2.70 bits per heavy atom. The fourth-order valence-electron chi connectivity index (χ4n) is 1.75. The van der Waals surface area contributed by atoms with Gasteiger partial charge in [0.05, 0.1) is 17.7 Å². The Kier molecular flexibility index (Phi) is 7.13. The second kappa shape index (κ2) is 8.35. The first-order valence-electron chi connectivity index (χ1n) is 6.40. The molecule has 0 spiro atoms. The molecule has 0 radical (unpaired) electrons. The van der Waals surface area contributed by atoms with Crippen LogP contribution in [0.25, 0.3) is 0 Å². The molecule has 0 bridgehead atoms. The van der Waals surface area contributed by atoms with Gasteiger partial charge in [0.15, 0.2) is 6.61 Å². The van der Waals surface area contributed by atoms with Gasteiger partial charge < -0.3 is 15.2 Å². The van der Waals surface area contributed by atoms with E-state index in [-0.39, 0.29) is 25.2 Å². The van der Waals surface area contributed by atoms with Gasteiger partial charge in [0, 0.05) is 11.1 Å². The third-order valence-electron chi connectivity index (χ3n) is 2.59. The SMILES string of the molecule is CC(C)CC(CO)NC(=O)COc1cc(Cl)ccc1Cl. The van der Waals surface area contributed by atoms with Crippen molar-refractivity contribution in [1.29, 1.82) is 0 Å². The van der Waals surface area contributed by atoms with Crippen molar-refractivity contribution < 1.29 is 14.6 Å². The van der Waals surface area contributed by atoms with Crippen LogP contribution in [-0.4, -0.2) is 30.3 Å². The van der Waals surface area contributed by atoms with Crippen molar-refractivity contribution in [3.63, 3.8) is 0 Å². The minimum absolute atomic E-state index is 0.0954. The van der Waals surface area contributed by atoms with Gasteiger partial charge in [-0.2, -0.15) is 0 Å². The van der Waals surface area contributed by atoms with Gasteiger partial charge in [-0.1, -0.05) is 37.0 Å². The summed E-state index contributed by atoms with van der Waals surface area (Å²) in [6.07, 6.45) is 0.708. The molecule has 1 amide bonds. The molecule has 1 aromatic rings. The fourth-order valence-corrected chi connectivity index (χ4v) is 2.08. The average molecular weight is 320 g/mol. The summed E-state index contributed by atoms with van der Waals surface area (Å²) in [5.41, 5.74) is 0. The largest absolute Gasteiger partial charge is 0.482 e. The van der Waals surface area contributed by atoms with Gasteiger partial charge in [-0.3, -0.25) is 4.79 Å². The molecule has 0 saturated carbocycles. The molecule has 2 N–H and O–H groups in total. The summed E-state index contributed by atoms with van der Waals surface area (Å²) >= 11 is 11.8. The molecule has 1 aromatic carbocycles. The summed E-state index contributed by atoms with van der Waals surface area (Å²) in [6, 6.07) is 4.53. The van der Waals surface area contributed by atoms with Crippen LogP contribution in [0.4, 0.5) is 0 Å². The van der Waals surface area contributed by atoms with Gasteiger partial charge >= 0.3 is 0 Å². The molecule has 112 valence electrons. The molecule has 6 heteroatoms. The van der Waals surface area contributed by atoms with Crippen molar-refractivity contribution in [3.05, 3.63) is 28.2 Å². The van der Waals surface area contributed by atoms with Crippen LogP contribution in [0.5, 0.6) is 5.75 Å². The summed E-state index contributed by atoms with van der Waals surface area (Å²) in [7, 11) is 0. The number of ether oxygens (including phenoxy) is 1. The van der Waals surface area contributed by atoms with E-state index in [2.05, 4.69) is 5.32 Å². The summed E-state index contributed by atoms with van der Waals surface area (Å²) in [5, 5.41) is 12.8. The van der Waals surface area contributed by atoms with Crippen LogP contribution < -0.4 is 10.1 Å². The zero-order valence-electron chi connectivity index (χ0n) is 11.5. The zero-order chi connectivity index (χ0) is 15.1. The van der Waals surface area contributed by atoms with Gasteiger partial charge in [-0.15, -0.1) is 0 Å². The van der Waals surface area contributed by atoms with Gasteiger partial charge in [-0.25, -0.2) is 0 Å². The van der Waals surface area contributed by atoms with Crippen molar-refractivity contribution in [2.75, 3.05) is 13.2 Å². The molecule has 0 heterocycles. The number of carbonyl (C=O) groups is 1. The van der Waals surface area contributed by atoms with Crippen molar-refractivity contribution in [2.45, 2.75) is 26.3 Å². The third-order valence-corrected chi connectivity index (χ3v) is 3.14. The lowest BCUT2D eigenvalue weighted by atomic mass is 10.0. The number of amides is 1. The van der Waals surface area contributed by atoms with Crippen LogP contribution in [0.2, 0.25) is 10.0 Å². The predicted molar refractivity (Wildman–Crippen MR) is 80.4 cm³/mol. The second-order valence-corrected chi connectivity index (χ2v) is 5.78. The molecule has 1 rings (SSSR count). The van der Waals surface area contributed by atoms with Gasteiger partial charge in [0.25, 0.3) is 5.91 Å². The first-order chi connectivity index (χ1) is 9.42. The summed E-state index contributed by atoms with van der Waals surface area (Å²) in [4.78, 5) is 11.7. The molecule has 0 saturated heterocycles. The molecule has 1 unspecified atom stereocenters. The van der Waals surface area contributed by atoms with Crippen molar-refractivity contribution >= 4 is 29.1 Å². The van der Waals surface area contributed by atoms with Crippen LogP contribution in [0.15, 0.2) is 18.2 Å². The van der Waals surface area contributed by atoms with Gasteiger partial charge in [0.2, 0.25) is 0 Å². The maximum absolute atomic E-state index is 11.7. The predicted octanol–water partition coefficient (Wildman–Crippen LogP) is 2.90. The van der Waals surface area contributed by atoms with E-state index >= 15 is 0 Å². The Balaban J connectivity index is 2.48. The Morgan fingerprint density at radius 2 is 2.10 bits per heavy atom. The van der Waals surface area contributed by atoms with Crippen LogP contribution in [-0.2, 0) is 4.79 Å². The highest BCUT2D eigenvalue weighted by Crippen LogP contribution is 2.27. The van der Waals surface area contributed by atoms with Crippen molar-refractivity contribution in [1.82, 2.24) is 5.32 Å². The van der Waals surface area contributed by atoms with Crippen LogP contribution >= 0.6 is 23.2 Å². The number of halogens is 2. The number of aliphatic hydroxyl groups excluding tert-OH is 1. The lowest BCUT2D eigenvalue weighted by Gasteiger charge is -2.18. The van der Waals surface area contributed by atoms with E-state index in [1.807, 2.05) is 13.8 Å². The number of hydrogen-bond donors (Lipinski definition) is 2. The smallest absolute Gasteiger partial charge is 0.258 e. The number of carbonyl (C=O) groups excluding carboxylic acids is 1. The number of aliphatic hydroxyl groups is 1. The Morgan fingerprint density at radius 1 is 1.40 bits per heavy atom. The van der Waals surface area contributed by atoms with Crippen LogP contribution in [0, 0.1) is 5.92 Å². The molecular formula is C14H19Cl2NO3. The number of hydrogen-bond acceptors (Lipinski definition) is 3. The highest BCUT2D eigenvalue weighted by molar-refractivity contribution is 6.34. The Hall–Kier alpha value is -0.970. The topological polar surface area (TPSA) is 58.6 Å². The zero-order valence-corrected chi connectivity index (χ0v) is 13.0. The maximum Gasteiger partial charge on any atom is 0.258 e. The normalized spacial score (nSPS) is 12.3. The molecule has 0 aliphatic carbocycles. The number of benzene rings is 1. The summed E-state index contributed by atoms with van der Waals surface area (Å²) in [6.45, 7) is 3.78. The minimum atomic E-state index is -0.305. The number of rotatable bonds is 7. The van der Waals surface area contributed by atoms with E-state index in [1.165, 1.54) is 0 Å². The summed E-state index contributed by atoms with van der Waals surface area (Å²) < 4.78 is 5.32. The standard InChI is InChI=1S/C14H19Cl2NO3/c1-9(2)5-11(7-18)17-14(19)8-20-13-6-10(15)3-4-12(13)16/h3-4,6,9,11,18H,5,7-8H2,1-2H3,(H,17,19). The van der Waals surface area contributed by atoms with E-state index in [0.717, 1.165) is 0 Å². The van der Waals surface area contributed by atoms with E-state index in [1.54, 1.807) is 18.2 Å². The van der Waals surface area contributed by atoms with Crippen molar-refractivity contribution in [3.8, 4) is 5.75 Å². The van der Waals surface area contributed by atoms with Gasteiger partial charge in [-0.05, 0) is 24.5 Å². The second-order valence-electron chi connectivity index (χ2n) is 4.94. The molecule has 0 fully saturated rings. The highest BCUT2D eigenvalue weighted by atomic mass is 35.5. The van der Waals surface area contributed by atoms with E-state index in [0.29, 0.717) is 28.1 Å². The highest BCUT2D eigenvalue weighted by Gasteiger charge is 2.14. The van der Waals surface area contributed by atoms with Crippen molar-refractivity contribution in [2.24, 2.45) is 5.92 Å². The Labute approximate surface area is 129 Å². The molecule has 4 nitrogen and oxygen atoms in total. The molecule has 0 aliphatic heterocycles. The van der Waals surface area contributed by atoms with E-state index in [4.69, 9.17) is 27.9 Å². The summed E-state index contributed by atoms with van der Waals surface area (Å²) in [5.74, 6) is 0.440. The Bertz CT molecular complexity index is 452. The van der Waals surface area contributed by atoms with E-state index in [9.17, 15) is 9.90 Å². The molecular weight excluding hydrogens is 301 g/mol. The molecule has 0 aromatic heterocycles. The third kappa shape index (κ3) is 5.99. The van der Waals surface area contributed by atoms with Gasteiger partial charge in [0.1, 0.15) is 5.75 Å². The lowest BCUT2D eigenvalue weighted by Crippen LogP contribution is -2.40. The maximum atomic E-state index is 11.7. The first kappa shape index (κ1) is 17.1. The average Bonchev–Trinajstić information content (AvgIpc) is 2.38.